The van der Waals surface area contributed by atoms with E-state index in [9.17, 15) is 26.7 Å². The molecule has 1 rings (SSSR count). The molecule has 1 aromatic rings. The highest BCUT2D eigenvalue weighted by Crippen LogP contribution is 2.33. The third kappa shape index (κ3) is 3.57. The van der Waals surface area contributed by atoms with Crippen molar-refractivity contribution in [1.82, 2.24) is 0 Å². The standard InChI is InChI=1S/C11H10F5NO2.ClH/c1-2-19-10(18)11(15,16)9(17)8-6(13)3-5(12)4-7(8)14;/h3-4,9H,2,17H2,1H3;1H/t9-;/m1./s1. The molecule has 0 amide bonds. The van der Waals surface area contributed by atoms with Crippen molar-refractivity contribution in [3.8, 4) is 0 Å². The molecule has 0 aliphatic heterocycles. The van der Waals surface area contributed by atoms with Gasteiger partial charge < -0.3 is 10.5 Å². The number of ether oxygens (including phenoxy) is 1. The first-order chi connectivity index (χ1) is 8.71. The predicted molar refractivity (Wildman–Crippen MR) is 62.1 cm³/mol. The Morgan fingerprint density at radius 1 is 1.30 bits per heavy atom. The number of esters is 1. The summed E-state index contributed by atoms with van der Waals surface area (Å²) in [5, 5.41) is 0. The van der Waals surface area contributed by atoms with Crippen LogP contribution < -0.4 is 5.73 Å². The number of nitrogens with two attached hydrogens (primary N) is 1. The van der Waals surface area contributed by atoms with Crippen LogP contribution in [0, 0.1) is 17.5 Å². The third-order valence-corrected chi connectivity index (χ3v) is 2.29. The molecule has 0 heterocycles. The lowest BCUT2D eigenvalue weighted by molar-refractivity contribution is -0.175. The second-order valence-corrected chi connectivity index (χ2v) is 3.60. The van der Waals surface area contributed by atoms with E-state index in [4.69, 9.17) is 5.73 Å². The van der Waals surface area contributed by atoms with Gasteiger partial charge in [0.25, 0.3) is 0 Å². The van der Waals surface area contributed by atoms with E-state index >= 15 is 0 Å². The molecule has 0 aliphatic carbocycles. The van der Waals surface area contributed by atoms with Gasteiger partial charge in [-0.1, -0.05) is 0 Å². The zero-order chi connectivity index (χ0) is 14.8. The lowest BCUT2D eigenvalue weighted by Crippen LogP contribution is -2.42. The summed E-state index contributed by atoms with van der Waals surface area (Å²) in [7, 11) is 0. The molecular formula is C11H11ClF5NO2. The molecule has 0 aliphatic rings. The third-order valence-electron chi connectivity index (χ3n) is 2.29. The summed E-state index contributed by atoms with van der Waals surface area (Å²) in [6.45, 7) is 0.925. The molecule has 0 spiro atoms. The topological polar surface area (TPSA) is 52.3 Å². The van der Waals surface area contributed by atoms with E-state index in [0.29, 0.717) is 0 Å². The predicted octanol–water partition coefficient (Wildman–Crippen LogP) is 2.72. The van der Waals surface area contributed by atoms with Gasteiger partial charge in [-0.15, -0.1) is 12.4 Å². The van der Waals surface area contributed by atoms with Crippen LogP contribution in [-0.2, 0) is 9.53 Å². The van der Waals surface area contributed by atoms with Gasteiger partial charge in [0.2, 0.25) is 0 Å². The molecular weight excluding hydrogens is 309 g/mol. The maximum Gasteiger partial charge on any atom is 0.379 e. The fourth-order valence-electron chi connectivity index (χ4n) is 1.39. The van der Waals surface area contributed by atoms with Gasteiger partial charge in [0.15, 0.2) is 0 Å². The summed E-state index contributed by atoms with van der Waals surface area (Å²) in [6, 6.07) is -2.23. The van der Waals surface area contributed by atoms with Crippen molar-refractivity contribution in [1.29, 1.82) is 0 Å². The van der Waals surface area contributed by atoms with Crippen LogP contribution in [-0.4, -0.2) is 18.5 Å². The first-order valence-electron chi connectivity index (χ1n) is 5.16. The van der Waals surface area contributed by atoms with Crippen LogP contribution in [0.15, 0.2) is 12.1 Å². The Hall–Kier alpha value is -1.41. The maximum atomic E-state index is 13.5. The fourth-order valence-corrected chi connectivity index (χ4v) is 1.39. The van der Waals surface area contributed by atoms with Crippen LogP contribution in [0.1, 0.15) is 18.5 Å². The number of carbonyl (C=O) groups is 1. The van der Waals surface area contributed by atoms with Crippen LogP contribution in [0.5, 0.6) is 0 Å². The minimum absolute atomic E-state index is 0. The van der Waals surface area contributed by atoms with Crippen molar-refractivity contribution >= 4 is 18.4 Å². The van der Waals surface area contributed by atoms with Gasteiger partial charge in [-0.2, -0.15) is 8.78 Å². The summed E-state index contributed by atoms with van der Waals surface area (Å²) in [5.41, 5.74) is 3.72. The molecule has 2 N–H and O–H groups in total. The van der Waals surface area contributed by atoms with E-state index < -0.39 is 40.9 Å². The number of halogens is 6. The highest BCUT2D eigenvalue weighted by Gasteiger charge is 2.49. The van der Waals surface area contributed by atoms with Gasteiger partial charge in [0.1, 0.15) is 23.5 Å². The summed E-state index contributed by atoms with van der Waals surface area (Å²) in [5.74, 6) is -10.8. The van der Waals surface area contributed by atoms with E-state index in [-0.39, 0.29) is 31.1 Å². The monoisotopic (exact) mass is 319 g/mol. The smallest absolute Gasteiger partial charge is 0.379 e. The molecule has 1 aromatic carbocycles. The molecule has 0 radical (unpaired) electrons. The van der Waals surface area contributed by atoms with Gasteiger partial charge in [0.05, 0.1) is 6.61 Å². The average Bonchev–Trinajstić information content (AvgIpc) is 2.27. The van der Waals surface area contributed by atoms with Gasteiger partial charge in [-0.3, -0.25) is 0 Å². The molecule has 114 valence electrons. The van der Waals surface area contributed by atoms with Gasteiger partial charge in [-0.05, 0) is 6.92 Å². The van der Waals surface area contributed by atoms with E-state index in [1.165, 1.54) is 6.92 Å². The van der Waals surface area contributed by atoms with Crippen LogP contribution in [0.3, 0.4) is 0 Å². The zero-order valence-electron chi connectivity index (χ0n) is 10.1. The summed E-state index contributed by atoms with van der Waals surface area (Å²) in [6.07, 6.45) is 0. The van der Waals surface area contributed by atoms with Crippen LogP contribution in [0.2, 0.25) is 0 Å². The SMILES string of the molecule is CCOC(=O)C(F)(F)[C@H](N)c1c(F)cc(F)cc1F.Cl. The summed E-state index contributed by atoms with van der Waals surface area (Å²) in [4.78, 5) is 11.0. The highest BCUT2D eigenvalue weighted by molar-refractivity contribution is 5.85. The second kappa shape index (κ2) is 6.85. The van der Waals surface area contributed by atoms with Crippen molar-refractivity contribution < 1.29 is 31.5 Å². The Balaban J connectivity index is 0.00000361. The highest BCUT2D eigenvalue weighted by atomic mass is 35.5. The van der Waals surface area contributed by atoms with Gasteiger partial charge >= 0.3 is 11.9 Å². The molecule has 9 heteroatoms. The first-order valence-corrected chi connectivity index (χ1v) is 5.16. The number of rotatable bonds is 4. The molecule has 1 atom stereocenters. The number of hydrogen-bond donors (Lipinski definition) is 1. The molecule has 0 unspecified atom stereocenters. The number of benzene rings is 1. The molecule has 0 aromatic heterocycles. The van der Waals surface area contributed by atoms with Crippen molar-refractivity contribution in [3.05, 3.63) is 35.1 Å². The molecule has 0 bridgehead atoms. The molecule has 0 saturated carbocycles. The Bertz CT molecular complexity index is 475. The van der Waals surface area contributed by atoms with Crippen molar-refractivity contribution in [2.24, 2.45) is 5.73 Å². The Kier molecular flexibility index (Phi) is 6.36. The van der Waals surface area contributed by atoms with Gasteiger partial charge in [0, 0.05) is 17.7 Å². The maximum absolute atomic E-state index is 13.5. The molecule has 0 fully saturated rings. The quantitative estimate of drug-likeness (QED) is 0.686. The lowest BCUT2D eigenvalue weighted by Gasteiger charge is -2.22. The van der Waals surface area contributed by atoms with Crippen LogP contribution in [0.25, 0.3) is 0 Å². The first kappa shape index (κ1) is 18.6. The fraction of sp³-hybridized carbons (Fsp3) is 0.364. The summed E-state index contributed by atoms with van der Waals surface area (Å²) < 4.78 is 70.3. The van der Waals surface area contributed by atoms with Crippen LogP contribution in [0.4, 0.5) is 22.0 Å². The molecule has 20 heavy (non-hydrogen) atoms. The van der Waals surface area contributed by atoms with E-state index in [0.717, 1.165) is 0 Å². The average molecular weight is 320 g/mol. The largest absolute Gasteiger partial charge is 0.462 e. The number of carbonyl (C=O) groups excluding carboxylic acids is 1. The zero-order valence-corrected chi connectivity index (χ0v) is 10.9. The Morgan fingerprint density at radius 3 is 2.15 bits per heavy atom. The van der Waals surface area contributed by atoms with Gasteiger partial charge in [-0.25, -0.2) is 18.0 Å². The Morgan fingerprint density at radius 2 is 1.75 bits per heavy atom. The van der Waals surface area contributed by atoms with Crippen molar-refractivity contribution in [2.75, 3.05) is 6.61 Å². The van der Waals surface area contributed by atoms with Crippen LogP contribution >= 0.6 is 12.4 Å². The normalized spacial score (nSPS) is 12.6. The number of hydrogen-bond acceptors (Lipinski definition) is 3. The van der Waals surface area contributed by atoms with E-state index in [2.05, 4.69) is 4.74 Å². The van der Waals surface area contributed by atoms with E-state index in [1.807, 2.05) is 0 Å². The molecule has 0 saturated heterocycles. The summed E-state index contributed by atoms with van der Waals surface area (Å²) >= 11 is 0. The second-order valence-electron chi connectivity index (χ2n) is 3.60. The number of alkyl halides is 2. The minimum atomic E-state index is -4.34. The van der Waals surface area contributed by atoms with E-state index in [1.54, 1.807) is 0 Å². The lowest BCUT2D eigenvalue weighted by atomic mass is 10.00. The molecule has 3 nitrogen and oxygen atoms in total. The minimum Gasteiger partial charge on any atom is -0.462 e. The van der Waals surface area contributed by atoms with Crippen molar-refractivity contribution in [2.45, 2.75) is 18.9 Å². The Labute approximate surface area is 117 Å². The van der Waals surface area contributed by atoms with Crippen molar-refractivity contribution in [3.63, 3.8) is 0 Å².